The molecule has 0 aliphatic heterocycles. The van der Waals surface area contributed by atoms with Gasteiger partial charge in [0.05, 0.1) is 5.41 Å². The highest BCUT2D eigenvalue weighted by atomic mass is 16.4. The third-order valence-corrected chi connectivity index (χ3v) is 3.73. The lowest BCUT2D eigenvalue weighted by molar-refractivity contribution is -0.149. The number of carboxylic acids is 1. The highest BCUT2D eigenvalue weighted by molar-refractivity contribution is 5.92. The molecule has 5 nitrogen and oxygen atoms in total. The Balaban J connectivity index is 2.61. The van der Waals surface area contributed by atoms with E-state index < -0.39 is 11.4 Å². The topological polar surface area (TPSA) is 86.6 Å². The summed E-state index contributed by atoms with van der Waals surface area (Å²) < 4.78 is 0. The number of carbonyl (C=O) groups is 2. The van der Waals surface area contributed by atoms with Gasteiger partial charge in [-0.3, -0.25) is 9.59 Å². The summed E-state index contributed by atoms with van der Waals surface area (Å²) in [5.74, 6) is -1.07. The number of amides is 1. The van der Waals surface area contributed by atoms with Crippen molar-refractivity contribution in [3.63, 3.8) is 0 Å². The lowest BCUT2D eigenvalue weighted by Gasteiger charge is -2.26. The number of phenols is 1. The molecule has 1 aromatic rings. The molecule has 0 saturated heterocycles. The van der Waals surface area contributed by atoms with Gasteiger partial charge in [0, 0.05) is 12.6 Å². The summed E-state index contributed by atoms with van der Waals surface area (Å²) in [6.07, 6.45) is 3.88. The average Bonchev–Trinajstić information content (AvgIpc) is 2.48. The van der Waals surface area contributed by atoms with E-state index in [1.54, 1.807) is 32.1 Å². The van der Waals surface area contributed by atoms with E-state index in [1.165, 1.54) is 18.2 Å². The number of benzene rings is 1. The summed E-state index contributed by atoms with van der Waals surface area (Å²) in [6, 6.07) is 6.42. The van der Waals surface area contributed by atoms with Crippen LogP contribution in [0, 0.1) is 5.41 Å². The van der Waals surface area contributed by atoms with Crippen molar-refractivity contribution in [2.24, 2.45) is 5.41 Å². The molecule has 3 N–H and O–H groups in total. The molecule has 0 spiro atoms. The van der Waals surface area contributed by atoms with Crippen LogP contribution in [0.4, 0.5) is 0 Å². The predicted molar refractivity (Wildman–Crippen MR) is 80.8 cm³/mol. The van der Waals surface area contributed by atoms with Gasteiger partial charge in [0.25, 0.3) is 0 Å². The Morgan fingerprint density at radius 1 is 1.19 bits per heavy atom. The van der Waals surface area contributed by atoms with Crippen LogP contribution in [0.1, 0.15) is 32.3 Å². The van der Waals surface area contributed by atoms with Crippen LogP contribution in [-0.2, 0) is 9.59 Å². The second-order valence-corrected chi connectivity index (χ2v) is 4.94. The largest absolute Gasteiger partial charge is 0.508 e. The van der Waals surface area contributed by atoms with E-state index in [1.807, 2.05) is 0 Å². The maximum atomic E-state index is 11.7. The Labute approximate surface area is 124 Å². The average molecular weight is 291 g/mol. The number of carbonyl (C=O) groups excluding carboxylic acids is 1. The number of phenolic OH excluding ortho intramolecular Hbond substituents is 1. The van der Waals surface area contributed by atoms with Crippen molar-refractivity contribution in [1.82, 2.24) is 5.32 Å². The fourth-order valence-electron chi connectivity index (χ4n) is 1.95. The molecule has 1 amide bonds. The van der Waals surface area contributed by atoms with Crippen molar-refractivity contribution in [1.29, 1.82) is 0 Å². The fraction of sp³-hybridized carbons (Fsp3) is 0.375. The van der Waals surface area contributed by atoms with Crippen LogP contribution in [0.2, 0.25) is 0 Å². The minimum Gasteiger partial charge on any atom is -0.508 e. The quantitative estimate of drug-likeness (QED) is 0.673. The molecule has 0 radical (unpaired) electrons. The van der Waals surface area contributed by atoms with Crippen molar-refractivity contribution in [3.8, 4) is 5.75 Å². The van der Waals surface area contributed by atoms with E-state index >= 15 is 0 Å². The van der Waals surface area contributed by atoms with E-state index in [2.05, 4.69) is 5.32 Å². The molecule has 5 heteroatoms. The molecular weight excluding hydrogens is 270 g/mol. The van der Waals surface area contributed by atoms with Gasteiger partial charge in [-0.15, -0.1) is 0 Å². The van der Waals surface area contributed by atoms with Crippen molar-refractivity contribution in [2.45, 2.75) is 26.7 Å². The molecule has 0 aliphatic carbocycles. The first kappa shape index (κ1) is 16.8. The minimum atomic E-state index is -0.915. The summed E-state index contributed by atoms with van der Waals surface area (Å²) in [4.78, 5) is 23.1. The second kappa shape index (κ2) is 7.47. The lowest BCUT2D eigenvalue weighted by atomic mass is 9.82. The van der Waals surface area contributed by atoms with E-state index in [-0.39, 0.29) is 18.2 Å². The smallest absolute Gasteiger partial charge is 0.311 e. The van der Waals surface area contributed by atoms with Crippen LogP contribution in [0.5, 0.6) is 5.75 Å². The Hall–Kier alpha value is -2.30. The molecule has 0 atom stereocenters. The van der Waals surface area contributed by atoms with Gasteiger partial charge in [-0.1, -0.05) is 26.0 Å². The van der Waals surface area contributed by atoms with Gasteiger partial charge in [0.2, 0.25) is 5.91 Å². The number of hydrogen-bond donors (Lipinski definition) is 3. The molecule has 0 fully saturated rings. The molecule has 0 aromatic heterocycles. The van der Waals surface area contributed by atoms with Crippen molar-refractivity contribution in [3.05, 3.63) is 35.9 Å². The number of nitrogens with one attached hydrogen (secondary N) is 1. The monoisotopic (exact) mass is 291 g/mol. The zero-order valence-electron chi connectivity index (χ0n) is 12.3. The molecular formula is C16H21NO4. The molecule has 1 aromatic carbocycles. The molecule has 21 heavy (non-hydrogen) atoms. The fourth-order valence-corrected chi connectivity index (χ4v) is 1.95. The number of rotatable bonds is 7. The summed E-state index contributed by atoms with van der Waals surface area (Å²) >= 11 is 0. The van der Waals surface area contributed by atoms with Gasteiger partial charge >= 0.3 is 5.97 Å². The summed E-state index contributed by atoms with van der Waals surface area (Å²) in [6.45, 7) is 3.71. The number of hydrogen-bond acceptors (Lipinski definition) is 3. The van der Waals surface area contributed by atoms with Crippen LogP contribution in [0.15, 0.2) is 30.3 Å². The van der Waals surface area contributed by atoms with Gasteiger partial charge in [0.1, 0.15) is 5.75 Å². The summed E-state index contributed by atoms with van der Waals surface area (Å²) in [7, 11) is 0. The third-order valence-electron chi connectivity index (χ3n) is 3.73. The van der Waals surface area contributed by atoms with Crippen molar-refractivity contribution >= 4 is 18.0 Å². The zero-order valence-corrected chi connectivity index (χ0v) is 12.3. The number of carboxylic acid groups (broad SMARTS) is 1. The van der Waals surface area contributed by atoms with Crippen LogP contribution >= 0.6 is 0 Å². The maximum Gasteiger partial charge on any atom is 0.311 e. The number of aliphatic carboxylic acids is 1. The van der Waals surface area contributed by atoms with Gasteiger partial charge < -0.3 is 15.5 Å². The Morgan fingerprint density at radius 3 is 2.24 bits per heavy atom. The van der Waals surface area contributed by atoms with Gasteiger partial charge in [-0.25, -0.2) is 0 Å². The van der Waals surface area contributed by atoms with E-state index in [0.717, 1.165) is 5.56 Å². The van der Waals surface area contributed by atoms with E-state index in [0.29, 0.717) is 12.8 Å². The van der Waals surface area contributed by atoms with Gasteiger partial charge in [-0.2, -0.15) is 0 Å². The Morgan fingerprint density at radius 2 is 1.76 bits per heavy atom. The molecule has 0 unspecified atom stereocenters. The molecule has 114 valence electrons. The molecule has 0 heterocycles. The normalized spacial score (nSPS) is 11.5. The van der Waals surface area contributed by atoms with Crippen LogP contribution in [-0.4, -0.2) is 28.6 Å². The van der Waals surface area contributed by atoms with Crippen LogP contribution < -0.4 is 5.32 Å². The second-order valence-electron chi connectivity index (χ2n) is 4.94. The maximum absolute atomic E-state index is 11.7. The van der Waals surface area contributed by atoms with Gasteiger partial charge in [0.15, 0.2) is 0 Å². The molecule has 0 bridgehead atoms. The van der Waals surface area contributed by atoms with E-state index in [4.69, 9.17) is 5.11 Å². The minimum absolute atomic E-state index is 0.105. The first-order valence-corrected chi connectivity index (χ1v) is 6.92. The van der Waals surface area contributed by atoms with Crippen LogP contribution in [0.25, 0.3) is 6.08 Å². The molecule has 0 saturated carbocycles. The molecule has 1 rings (SSSR count). The van der Waals surface area contributed by atoms with Crippen molar-refractivity contribution < 1.29 is 19.8 Å². The van der Waals surface area contributed by atoms with E-state index in [9.17, 15) is 14.7 Å². The highest BCUT2D eigenvalue weighted by Gasteiger charge is 2.34. The van der Waals surface area contributed by atoms with Gasteiger partial charge in [-0.05, 0) is 36.6 Å². The highest BCUT2D eigenvalue weighted by Crippen LogP contribution is 2.25. The Kier molecular flexibility index (Phi) is 5.96. The zero-order chi connectivity index (χ0) is 15.9. The first-order valence-electron chi connectivity index (χ1n) is 6.92. The Bertz CT molecular complexity index is 516. The predicted octanol–water partition coefficient (Wildman–Crippen LogP) is 2.41. The van der Waals surface area contributed by atoms with Crippen LogP contribution in [0.3, 0.4) is 0 Å². The first-order chi connectivity index (χ1) is 9.93. The van der Waals surface area contributed by atoms with Crippen molar-refractivity contribution in [2.75, 3.05) is 6.54 Å². The summed E-state index contributed by atoms with van der Waals surface area (Å²) in [5, 5.41) is 21.1. The lowest BCUT2D eigenvalue weighted by Crippen LogP contribution is -2.41. The number of aromatic hydroxyl groups is 1. The summed E-state index contributed by atoms with van der Waals surface area (Å²) in [5.41, 5.74) is -0.138. The standard InChI is InChI=1S/C16H21NO4/c1-3-16(4-2,15(20)21)11-17-14(19)10-7-12-5-8-13(18)9-6-12/h5-10,18H,3-4,11H2,1-2H3,(H,17,19)(H,20,21)/b10-7+. The SMILES string of the molecule is CCC(CC)(CNC(=O)/C=C/c1ccc(O)cc1)C(=O)O. The third kappa shape index (κ3) is 4.63. The molecule has 0 aliphatic rings.